The monoisotopic (exact) mass is 262 g/mol. The molecule has 3 bridgehead atoms. The van der Waals surface area contributed by atoms with Crippen molar-refractivity contribution in [3.63, 3.8) is 0 Å². The van der Waals surface area contributed by atoms with Crippen LogP contribution in [0.3, 0.4) is 0 Å². The Morgan fingerprint density at radius 1 is 0.950 bits per heavy atom. The number of benzene rings is 2. The minimum absolute atomic E-state index is 0.238. The van der Waals surface area contributed by atoms with E-state index < -0.39 is 0 Å². The third-order valence-electron chi connectivity index (χ3n) is 4.42. The lowest BCUT2D eigenvalue weighted by molar-refractivity contribution is -0.844. The first-order valence-corrected chi connectivity index (χ1v) is 6.94. The molecule has 0 radical (unpaired) electrons. The molecule has 4 rings (SSSR count). The van der Waals surface area contributed by atoms with Crippen molar-refractivity contribution in [2.45, 2.75) is 6.54 Å². The van der Waals surface area contributed by atoms with Crippen molar-refractivity contribution in [2.75, 3.05) is 13.6 Å². The van der Waals surface area contributed by atoms with Gasteiger partial charge in [-0.1, -0.05) is 30.3 Å². The van der Waals surface area contributed by atoms with Gasteiger partial charge in [0.05, 0.1) is 7.05 Å². The summed E-state index contributed by atoms with van der Waals surface area (Å²) < 4.78 is 0.670. The number of nitrogens with zero attached hydrogens (tertiary/aromatic N) is 1. The molecule has 1 unspecified atom stereocenters. The van der Waals surface area contributed by atoms with Crippen LogP contribution in [0.1, 0.15) is 27.0 Å². The Morgan fingerprint density at radius 2 is 1.75 bits per heavy atom. The van der Waals surface area contributed by atoms with Gasteiger partial charge in [0.25, 0.3) is 0 Å². The first-order chi connectivity index (χ1) is 9.66. The Labute approximate surface area is 118 Å². The molecule has 2 nitrogen and oxygen atoms in total. The van der Waals surface area contributed by atoms with Gasteiger partial charge in [0.2, 0.25) is 5.78 Å². The van der Waals surface area contributed by atoms with Crippen LogP contribution in [-0.4, -0.2) is 23.9 Å². The zero-order valence-electron chi connectivity index (χ0n) is 11.5. The van der Waals surface area contributed by atoms with Crippen molar-refractivity contribution >= 4 is 17.6 Å². The lowest BCUT2D eigenvalue weighted by Gasteiger charge is -2.37. The number of fused-ring (bicyclic) bond motifs is 2. The number of Topliss-reactive ketones (excluding diaryl/α,β-unsaturated/α-hetero) is 1. The van der Waals surface area contributed by atoms with Crippen molar-refractivity contribution in [3.05, 3.63) is 70.8 Å². The summed E-state index contributed by atoms with van der Waals surface area (Å²) in [4.78, 5) is 12.4. The molecule has 0 saturated carbocycles. The molecule has 2 aliphatic rings. The number of hydrogen-bond donors (Lipinski definition) is 0. The van der Waals surface area contributed by atoms with E-state index in [2.05, 4.69) is 49.5 Å². The number of quaternary nitrogens is 1. The zero-order chi connectivity index (χ0) is 13.7. The van der Waals surface area contributed by atoms with Crippen molar-refractivity contribution < 1.29 is 9.28 Å². The highest BCUT2D eigenvalue weighted by Gasteiger charge is 2.38. The van der Waals surface area contributed by atoms with E-state index in [1.165, 1.54) is 22.4 Å². The molecule has 0 aliphatic carbocycles. The van der Waals surface area contributed by atoms with Crippen molar-refractivity contribution in [2.24, 2.45) is 0 Å². The molecule has 0 N–H and O–H groups in total. The normalized spacial score (nSPS) is 23.4. The smallest absolute Gasteiger partial charge is 0.217 e. The highest BCUT2D eigenvalue weighted by molar-refractivity contribution is 5.99. The highest BCUT2D eigenvalue weighted by atomic mass is 16.1. The number of carbonyl (C=O) groups is 1. The van der Waals surface area contributed by atoms with Gasteiger partial charge in [0.15, 0.2) is 0 Å². The second-order valence-electron chi connectivity index (χ2n) is 5.94. The molecule has 0 spiro atoms. The molecule has 0 amide bonds. The summed E-state index contributed by atoms with van der Waals surface area (Å²) >= 11 is 0. The Bertz CT molecular complexity index is 745. The molecule has 98 valence electrons. The summed E-state index contributed by atoms with van der Waals surface area (Å²) in [6, 6.07) is 16.5. The summed E-state index contributed by atoms with van der Waals surface area (Å²) in [7, 11) is 2.16. The number of hydrogen-bond acceptors (Lipinski definition) is 1. The molecular formula is C18H16NO+. The van der Waals surface area contributed by atoms with Gasteiger partial charge in [0, 0.05) is 22.8 Å². The molecular weight excluding hydrogens is 246 g/mol. The van der Waals surface area contributed by atoms with Gasteiger partial charge < -0.3 is 0 Å². The van der Waals surface area contributed by atoms with Crippen LogP contribution in [0.15, 0.2) is 48.5 Å². The van der Waals surface area contributed by atoms with Crippen LogP contribution < -0.4 is 0 Å². The van der Waals surface area contributed by atoms with Gasteiger partial charge >= 0.3 is 0 Å². The first-order valence-electron chi connectivity index (χ1n) is 6.94. The lowest BCUT2D eigenvalue weighted by atomic mass is 9.96. The van der Waals surface area contributed by atoms with Gasteiger partial charge in [-0.2, -0.15) is 0 Å². The maximum absolute atomic E-state index is 12.4. The fraction of sp³-hybridized carbons (Fsp3) is 0.167. The second kappa shape index (κ2) is 3.90. The van der Waals surface area contributed by atoms with Gasteiger partial charge in [-0.05, 0) is 23.8 Å². The van der Waals surface area contributed by atoms with Crippen LogP contribution in [0, 0.1) is 0 Å². The average molecular weight is 262 g/mol. The summed E-state index contributed by atoms with van der Waals surface area (Å²) in [5, 5.41) is 0. The fourth-order valence-corrected chi connectivity index (χ4v) is 3.37. The van der Waals surface area contributed by atoms with Gasteiger partial charge in [0.1, 0.15) is 18.8 Å². The van der Waals surface area contributed by atoms with E-state index in [1.807, 2.05) is 12.1 Å². The van der Waals surface area contributed by atoms with E-state index in [0.717, 1.165) is 12.1 Å². The van der Waals surface area contributed by atoms with Crippen molar-refractivity contribution in [1.82, 2.24) is 0 Å². The van der Waals surface area contributed by atoms with E-state index in [1.54, 1.807) is 0 Å². The van der Waals surface area contributed by atoms with Crippen LogP contribution in [0.25, 0.3) is 11.8 Å². The molecule has 0 aromatic heterocycles. The number of carbonyl (C=O) groups excluding carboxylic acids is 1. The third-order valence-corrected chi connectivity index (χ3v) is 4.42. The van der Waals surface area contributed by atoms with E-state index in [-0.39, 0.29) is 5.78 Å². The van der Waals surface area contributed by atoms with E-state index in [4.69, 9.17) is 0 Å². The van der Waals surface area contributed by atoms with Gasteiger partial charge in [-0.15, -0.1) is 0 Å². The van der Waals surface area contributed by atoms with Crippen LogP contribution in [0.4, 0.5) is 0 Å². The summed E-state index contributed by atoms with van der Waals surface area (Å²) in [5.74, 6) is 0.238. The van der Waals surface area contributed by atoms with E-state index >= 15 is 0 Å². The Hall–Kier alpha value is -2.19. The Kier molecular flexibility index (Phi) is 2.27. The predicted octanol–water partition coefficient (Wildman–Crippen LogP) is 3.34. The van der Waals surface area contributed by atoms with Crippen LogP contribution >= 0.6 is 0 Å². The van der Waals surface area contributed by atoms with E-state index in [9.17, 15) is 4.79 Å². The number of likely N-dealkylation sites (N-methyl/N-ethyl adjacent to an activating group) is 1. The minimum Gasteiger partial charge on any atom is -0.288 e. The van der Waals surface area contributed by atoms with Gasteiger partial charge in [-0.25, -0.2) is 0 Å². The summed E-state index contributed by atoms with van der Waals surface area (Å²) in [5.41, 5.74) is 5.83. The molecule has 2 aliphatic heterocycles. The molecule has 1 atom stereocenters. The first kappa shape index (κ1) is 11.6. The fourth-order valence-electron chi connectivity index (χ4n) is 3.37. The lowest BCUT2D eigenvalue weighted by Crippen LogP contribution is -2.45. The number of ketones is 1. The van der Waals surface area contributed by atoms with Crippen LogP contribution in [0.5, 0.6) is 0 Å². The van der Waals surface area contributed by atoms with Crippen LogP contribution in [-0.2, 0) is 6.54 Å². The summed E-state index contributed by atoms with van der Waals surface area (Å²) in [6.45, 7) is 1.43. The predicted molar refractivity (Wildman–Crippen MR) is 79.8 cm³/mol. The van der Waals surface area contributed by atoms with Gasteiger partial charge in [-0.3, -0.25) is 9.28 Å². The zero-order valence-corrected chi connectivity index (χ0v) is 11.5. The topological polar surface area (TPSA) is 17.1 Å². The van der Waals surface area contributed by atoms with Crippen molar-refractivity contribution in [3.8, 4) is 0 Å². The quantitative estimate of drug-likeness (QED) is 0.720. The number of rotatable bonds is 1. The largest absolute Gasteiger partial charge is 0.288 e. The highest BCUT2D eigenvalue weighted by Crippen LogP contribution is 2.38. The molecule has 2 aromatic rings. The van der Waals surface area contributed by atoms with Crippen molar-refractivity contribution in [1.29, 1.82) is 0 Å². The second-order valence-corrected chi connectivity index (χ2v) is 5.94. The summed E-state index contributed by atoms with van der Waals surface area (Å²) in [6.07, 6.45) is 2.25. The molecule has 0 saturated heterocycles. The molecule has 20 heavy (non-hydrogen) atoms. The Morgan fingerprint density at radius 3 is 2.55 bits per heavy atom. The maximum atomic E-state index is 12.4. The average Bonchev–Trinajstić information content (AvgIpc) is 2.49. The molecule has 2 aromatic carbocycles. The SMILES string of the molecule is C[N+]12CC(=O)c3ccc(c(c3)C1)C=C2c1ccccc1. The molecule has 0 fully saturated rings. The standard InChI is InChI=1S/C18H16NO/c1-19-11-16-9-15(18(20)12-19)8-7-14(16)10-17(19)13-5-3-2-4-6-13/h2-10H,11-12H2,1H3/q+1. The third kappa shape index (κ3) is 1.58. The maximum Gasteiger partial charge on any atom is 0.217 e. The molecule has 2 heterocycles. The van der Waals surface area contributed by atoms with Crippen LogP contribution in [0.2, 0.25) is 0 Å². The molecule has 2 heteroatoms. The van der Waals surface area contributed by atoms with E-state index in [0.29, 0.717) is 11.0 Å². The minimum atomic E-state index is 0.238. The Balaban J connectivity index is 1.99.